The fourth-order valence-corrected chi connectivity index (χ4v) is 3.17. The van der Waals surface area contributed by atoms with Crippen LogP contribution in [-0.2, 0) is 13.1 Å². The molecule has 0 bridgehead atoms. The third-order valence-corrected chi connectivity index (χ3v) is 4.68. The molecule has 4 aromatic rings. The van der Waals surface area contributed by atoms with Crippen LogP contribution in [0.1, 0.15) is 11.1 Å². The summed E-state index contributed by atoms with van der Waals surface area (Å²) in [6, 6.07) is 30.8. The molecule has 5 heteroatoms. The number of hydrogen-bond acceptors (Lipinski definition) is 5. The minimum atomic E-state index is 0.581. The SMILES string of the molecule is CN(Cc1ccccc1)c1cnnc(N(Cc2ccccc2)c2ccccc2)n1. The minimum Gasteiger partial charge on any atom is -0.354 e. The van der Waals surface area contributed by atoms with E-state index in [2.05, 4.69) is 56.4 Å². The fraction of sp³-hybridized carbons (Fsp3) is 0.125. The van der Waals surface area contributed by atoms with Crippen molar-refractivity contribution in [2.75, 3.05) is 16.8 Å². The molecule has 29 heavy (non-hydrogen) atoms. The lowest BCUT2D eigenvalue weighted by Gasteiger charge is -2.24. The third-order valence-electron chi connectivity index (χ3n) is 4.68. The highest BCUT2D eigenvalue weighted by Gasteiger charge is 2.15. The summed E-state index contributed by atoms with van der Waals surface area (Å²) in [4.78, 5) is 8.99. The lowest BCUT2D eigenvalue weighted by molar-refractivity contribution is 0.826. The first-order chi connectivity index (χ1) is 14.3. The van der Waals surface area contributed by atoms with E-state index in [1.165, 1.54) is 11.1 Å². The van der Waals surface area contributed by atoms with E-state index in [1.54, 1.807) is 6.20 Å². The van der Waals surface area contributed by atoms with Gasteiger partial charge in [0.2, 0.25) is 0 Å². The number of rotatable bonds is 7. The van der Waals surface area contributed by atoms with E-state index in [0.717, 1.165) is 18.1 Å². The summed E-state index contributed by atoms with van der Waals surface area (Å²) in [5, 5.41) is 8.58. The van der Waals surface area contributed by atoms with Crippen LogP contribution in [-0.4, -0.2) is 22.2 Å². The van der Waals surface area contributed by atoms with Gasteiger partial charge in [0.05, 0.1) is 12.7 Å². The van der Waals surface area contributed by atoms with Crippen molar-refractivity contribution in [1.82, 2.24) is 15.2 Å². The predicted molar refractivity (Wildman–Crippen MR) is 117 cm³/mol. The van der Waals surface area contributed by atoms with E-state index in [-0.39, 0.29) is 0 Å². The van der Waals surface area contributed by atoms with Crippen molar-refractivity contribution >= 4 is 17.5 Å². The van der Waals surface area contributed by atoms with Gasteiger partial charge in [-0.3, -0.25) is 0 Å². The van der Waals surface area contributed by atoms with Gasteiger partial charge in [0.15, 0.2) is 5.82 Å². The van der Waals surface area contributed by atoms with Crippen LogP contribution in [0, 0.1) is 0 Å². The smallest absolute Gasteiger partial charge is 0.252 e. The Morgan fingerprint density at radius 1 is 0.690 bits per heavy atom. The number of anilines is 3. The van der Waals surface area contributed by atoms with E-state index in [9.17, 15) is 0 Å². The van der Waals surface area contributed by atoms with Gasteiger partial charge in [0.25, 0.3) is 5.95 Å². The quantitative estimate of drug-likeness (QED) is 0.458. The highest BCUT2D eigenvalue weighted by molar-refractivity contribution is 5.58. The van der Waals surface area contributed by atoms with Gasteiger partial charge in [-0.1, -0.05) is 78.9 Å². The van der Waals surface area contributed by atoms with Crippen molar-refractivity contribution in [2.24, 2.45) is 0 Å². The van der Waals surface area contributed by atoms with Crippen LogP contribution in [0.15, 0.2) is 97.2 Å². The van der Waals surface area contributed by atoms with Gasteiger partial charge >= 0.3 is 0 Å². The molecule has 5 nitrogen and oxygen atoms in total. The first kappa shape index (κ1) is 18.6. The number of aromatic nitrogens is 3. The summed E-state index contributed by atoms with van der Waals surface area (Å²) < 4.78 is 0. The molecule has 4 rings (SSSR count). The number of para-hydroxylation sites is 1. The lowest BCUT2D eigenvalue weighted by Crippen LogP contribution is -2.23. The van der Waals surface area contributed by atoms with Crippen LogP contribution >= 0.6 is 0 Å². The Labute approximate surface area is 171 Å². The summed E-state index contributed by atoms with van der Waals surface area (Å²) >= 11 is 0. The minimum absolute atomic E-state index is 0.581. The summed E-state index contributed by atoms with van der Waals surface area (Å²) in [7, 11) is 2.02. The van der Waals surface area contributed by atoms with Gasteiger partial charge < -0.3 is 9.80 Å². The zero-order valence-electron chi connectivity index (χ0n) is 16.4. The number of nitrogens with zero attached hydrogens (tertiary/aromatic N) is 5. The Balaban J connectivity index is 1.63. The van der Waals surface area contributed by atoms with Crippen LogP contribution in [0.25, 0.3) is 0 Å². The normalized spacial score (nSPS) is 10.5. The lowest BCUT2D eigenvalue weighted by atomic mass is 10.2. The van der Waals surface area contributed by atoms with Crippen molar-refractivity contribution in [2.45, 2.75) is 13.1 Å². The molecule has 0 N–H and O–H groups in total. The molecule has 0 amide bonds. The third kappa shape index (κ3) is 4.76. The molecule has 0 radical (unpaired) electrons. The van der Waals surface area contributed by atoms with Gasteiger partial charge in [-0.2, -0.15) is 10.1 Å². The molecule has 0 saturated carbocycles. The first-order valence-corrected chi connectivity index (χ1v) is 9.61. The molecule has 0 fully saturated rings. The largest absolute Gasteiger partial charge is 0.354 e. The monoisotopic (exact) mass is 381 g/mol. The summed E-state index contributed by atoms with van der Waals surface area (Å²) in [5.74, 6) is 1.37. The zero-order valence-corrected chi connectivity index (χ0v) is 16.4. The van der Waals surface area contributed by atoms with Crippen LogP contribution in [0.2, 0.25) is 0 Å². The summed E-state index contributed by atoms with van der Waals surface area (Å²) in [6.07, 6.45) is 1.71. The van der Waals surface area contributed by atoms with Gasteiger partial charge in [-0.25, -0.2) is 0 Å². The Morgan fingerprint density at radius 3 is 1.86 bits per heavy atom. The van der Waals surface area contributed by atoms with E-state index < -0.39 is 0 Å². The van der Waals surface area contributed by atoms with E-state index >= 15 is 0 Å². The standard InChI is InChI=1S/C24H23N5/c1-28(18-20-11-5-2-6-12-20)23-17-25-27-24(26-23)29(22-15-9-4-10-16-22)19-21-13-7-3-8-14-21/h2-17H,18-19H2,1H3. The van der Waals surface area contributed by atoms with Crippen molar-refractivity contribution in [1.29, 1.82) is 0 Å². The second kappa shape index (κ2) is 8.97. The fourth-order valence-electron chi connectivity index (χ4n) is 3.17. The first-order valence-electron chi connectivity index (χ1n) is 9.61. The molecule has 0 spiro atoms. The van der Waals surface area contributed by atoms with Crippen LogP contribution < -0.4 is 9.80 Å². The Morgan fingerprint density at radius 2 is 1.24 bits per heavy atom. The zero-order chi connectivity index (χ0) is 19.9. The maximum Gasteiger partial charge on any atom is 0.252 e. The molecular formula is C24H23N5. The van der Waals surface area contributed by atoms with Crippen molar-refractivity contribution in [3.63, 3.8) is 0 Å². The topological polar surface area (TPSA) is 45.2 Å². The Hall–Kier alpha value is -3.73. The van der Waals surface area contributed by atoms with Crippen molar-refractivity contribution in [3.8, 4) is 0 Å². The van der Waals surface area contributed by atoms with Crippen LogP contribution in [0.3, 0.4) is 0 Å². The molecule has 0 aliphatic heterocycles. The maximum absolute atomic E-state index is 4.82. The van der Waals surface area contributed by atoms with Gasteiger partial charge in [-0.15, -0.1) is 5.10 Å². The molecule has 0 saturated heterocycles. The molecule has 0 aliphatic carbocycles. The maximum atomic E-state index is 4.82. The van der Waals surface area contributed by atoms with Crippen molar-refractivity contribution in [3.05, 3.63) is 108 Å². The molecule has 3 aromatic carbocycles. The van der Waals surface area contributed by atoms with Gasteiger partial charge in [0, 0.05) is 19.3 Å². The van der Waals surface area contributed by atoms with E-state index in [1.807, 2.05) is 61.6 Å². The van der Waals surface area contributed by atoms with E-state index in [0.29, 0.717) is 12.5 Å². The molecule has 0 atom stereocenters. The molecule has 1 aromatic heterocycles. The average Bonchev–Trinajstić information content (AvgIpc) is 2.79. The second-order valence-corrected chi connectivity index (χ2v) is 6.86. The summed E-state index contributed by atoms with van der Waals surface area (Å²) in [5.41, 5.74) is 3.43. The Bertz CT molecular complexity index is 1020. The van der Waals surface area contributed by atoms with Crippen molar-refractivity contribution < 1.29 is 0 Å². The average molecular weight is 381 g/mol. The molecular weight excluding hydrogens is 358 g/mol. The number of benzene rings is 3. The number of hydrogen-bond donors (Lipinski definition) is 0. The summed E-state index contributed by atoms with van der Waals surface area (Å²) in [6.45, 7) is 1.42. The van der Waals surface area contributed by atoms with Crippen LogP contribution in [0.5, 0.6) is 0 Å². The molecule has 0 aliphatic rings. The van der Waals surface area contributed by atoms with Gasteiger partial charge in [-0.05, 0) is 23.3 Å². The second-order valence-electron chi connectivity index (χ2n) is 6.86. The highest BCUT2D eigenvalue weighted by Crippen LogP contribution is 2.25. The molecule has 0 unspecified atom stereocenters. The van der Waals surface area contributed by atoms with E-state index in [4.69, 9.17) is 4.98 Å². The van der Waals surface area contributed by atoms with Gasteiger partial charge in [0.1, 0.15) is 0 Å². The molecule has 1 heterocycles. The molecule has 144 valence electrons. The highest BCUT2D eigenvalue weighted by atomic mass is 15.3. The predicted octanol–water partition coefficient (Wildman–Crippen LogP) is 4.85. The van der Waals surface area contributed by atoms with Crippen LogP contribution in [0.4, 0.5) is 17.5 Å². The Kier molecular flexibility index (Phi) is 5.76.